The first-order chi connectivity index (χ1) is 9.61. The number of ether oxygens (including phenoxy) is 1. The third-order valence-electron chi connectivity index (χ3n) is 3.67. The van der Waals surface area contributed by atoms with E-state index in [4.69, 9.17) is 10.5 Å². The zero-order chi connectivity index (χ0) is 14.5. The maximum Gasteiger partial charge on any atom is 0.124 e. The van der Waals surface area contributed by atoms with Crippen LogP contribution in [-0.4, -0.2) is 7.11 Å². The number of hydrogen-bond donors (Lipinski definition) is 1. The van der Waals surface area contributed by atoms with Crippen LogP contribution in [0.2, 0.25) is 0 Å². The molecule has 0 fully saturated rings. The molecule has 2 N–H and O–H groups in total. The first-order valence-corrected chi connectivity index (χ1v) is 7.06. The van der Waals surface area contributed by atoms with Crippen molar-refractivity contribution in [3.8, 4) is 5.75 Å². The van der Waals surface area contributed by atoms with Gasteiger partial charge in [-0.05, 0) is 49.4 Å². The number of methoxy groups -OCH3 is 1. The lowest BCUT2D eigenvalue weighted by atomic mass is 9.94. The zero-order valence-electron chi connectivity index (χ0n) is 12.5. The van der Waals surface area contributed by atoms with Crippen LogP contribution < -0.4 is 10.5 Å². The van der Waals surface area contributed by atoms with E-state index in [9.17, 15) is 0 Å². The third-order valence-corrected chi connectivity index (χ3v) is 3.67. The minimum atomic E-state index is 0.00533. The Hall–Kier alpha value is -1.80. The minimum Gasteiger partial charge on any atom is -0.496 e. The van der Waals surface area contributed by atoms with E-state index in [1.165, 1.54) is 16.7 Å². The van der Waals surface area contributed by atoms with Crippen LogP contribution in [0.4, 0.5) is 0 Å². The Kier molecular flexibility index (Phi) is 4.80. The second-order valence-electron chi connectivity index (χ2n) is 5.33. The molecule has 0 spiro atoms. The van der Waals surface area contributed by atoms with Crippen molar-refractivity contribution < 1.29 is 4.74 Å². The third kappa shape index (κ3) is 3.40. The van der Waals surface area contributed by atoms with Gasteiger partial charge < -0.3 is 10.5 Å². The van der Waals surface area contributed by atoms with Crippen LogP contribution in [-0.2, 0) is 6.42 Å². The standard InChI is InChI=1S/C18H23NO/c1-13-11-14(2)18(17(12-13)20-3)16(19)10-9-15-7-5-4-6-8-15/h4-8,11-12,16H,9-10,19H2,1-3H3. The summed E-state index contributed by atoms with van der Waals surface area (Å²) >= 11 is 0. The summed E-state index contributed by atoms with van der Waals surface area (Å²) < 4.78 is 5.50. The van der Waals surface area contributed by atoms with Crippen molar-refractivity contribution in [1.29, 1.82) is 0 Å². The molecule has 1 unspecified atom stereocenters. The molecule has 2 heteroatoms. The van der Waals surface area contributed by atoms with Gasteiger partial charge >= 0.3 is 0 Å². The Balaban J connectivity index is 2.15. The average molecular weight is 269 g/mol. The van der Waals surface area contributed by atoms with E-state index < -0.39 is 0 Å². The van der Waals surface area contributed by atoms with Crippen molar-refractivity contribution in [2.75, 3.05) is 7.11 Å². The molecule has 0 amide bonds. The van der Waals surface area contributed by atoms with Gasteiger partial charge in [-0.3, -0.25) is 0 Å². The molecule has 2 aromatic rings. The normalized spacial score (nSPS) is 12.2. The smallest absolute Gasteiger partial charge is 0.124 e. The van der Waals surface area contributed by atoms with Crippen LogP contribution in [0.3, 0.4) is 0 Å². The van der Waals surface area contributed by atoms with Crippen LogP contribution in [0, 0.1) is 13.8 Å². The van der Waals surface area contributed by atoms with Gasteiger partial charge in [0.1, 0.15) is 5.75 Å². The topological polar surface area (TPSA) is 35.2 Å². The van der Waals surface area contributed by atoms with Gasteiger partial charge in [-0.2, -0.15) is 0 Å². The van der Waals surface area contributed by atoms with Crippen molar-refractivity contribution in [2.45, 2.75) is 32.7 Å². The first-order valence-electron chi connectivity index (χ1n) is 7.06. The predicted molar refractivity (Wildman–Crippen MR) is 84.2 cm³/mol. The van der Waals surface area contributed by atoms with Crippen molar-refractivity contribution in [3.05, 3.63) is 64.7 Å². The van der Waals surface area contributed by atoms with Gasteiger partial charge in [0.25, 0.3) is 0 Å². The highest BCUT2D eigenvalue weighted by molar-refractivity contribution is 5.45. The van der Waals surface area contributed by atoms with Gasteiger partial charge in [0.15, 0.2) is 0 Å². The average Bonchev–Trinajstić information content (AvgIpc) is 2.45. The highest BCUT2D eigenvalue weighted by atomic mass is 16.5. The summed E-state index contributed by atoms with van der Waals surface area (Å²) in [6.45, 7) is 4.18. The molecule has 0 saturated carbocycles. The van der Waals surface area contributed by atoms with Crippen LogP contribution >= 0.6 is 0 Å². The number of hydrogen-bond acceptors (Lipinski definition) is 2. The van der Waals surface area contributed by atoms with Gasteiger partial charge in [-0.15, -0.1) is 0 Å². The van der Waals surface area contributed by atoms with Crippen molar-refractivity contribution in [2.24, 2.45) is 5.73 Å². The maximum atomic E-state index is 6.39. The fourth-order valence-electron chi connectivity index (χ4n) is 2.70. The molecule has 2 rings (SSSR count). The summed E-state index contributed by atoms with van der Waals surface area (Å²) in [5.41, 5.74) is 11.3. The number of nitrogens with two attached hydrogens (primary N) is 1. The van der Waals surface area contributed by atoms with Crippen molar-refractivity contribution in [1.82, 2.24) is 0 Å². The molecule has 0 aliphatic carbocycles. The molecular weight excluding hydrogens is 246 g/mol. The van der Waals surface area contributed by atoms with Gasteiger partial charge in [0.2, 0.25) is 0 Å². The molecule has 2 nitrogen and oxygen atoms in total. The van der Waals surface area contributed by atoms with Crippen molar-refractivity contribution >= 4 is 0 Å². The van der Waals surface area contributed by atoms with E-state index >= 15 is 0 Å². The number of aryl methyl sites for hydroxylation is 3. The van der Waals surface area contributed by atoms with E-state index in [0.29, 0.717) is 0 Å². The molecule has 0 aliphatic heterocycles. The summed E-state index contributed by atoms with van der Waals surface area (Å²) in [5, 5.41) is 0. The van der Waals surface area contributed by atoms with E-state index in [1.807, 2.05) is 6.07 Å². The SMILES string of the molecule is COc1cc(C)cc(C)c1C(N)CCc1ccccc1. The molecule has 0 aromatic heterocycles. The van der Waals surface area contributed by atoms with Gasteiger partial charge in [-0.1, -0.05) is 36.4 Å². The second-order valence-corrected chi connectivity index (χ2v) is 5.33. The van der Waals surface area contributed by atoms with E-state index in [0.717, 1.165) is 24.2 Å². The molecule has 0 bridgehead atoms. The van der Waals surface area contributed by atoms with Gasteiger partial charge in [0, 0.05) is 11.6 Å². The van der Waals surface area contributed by atoms with E-state index in [2.05, 4.69) is 50.2 Å². The largest absolute Gasteiger partial charge is 0.496 e. The molecule has 1 atom stereocenters. The Bertz CT molecular complexity index is 563. The summed E-state index contributed by atoms with van der Waals surface area (Å²) in [7, 11) is 1.71. The molecule has 0 radical (unpaired) electrons. The summed E-state index contributed by atoms with van der Waals surface area (Å²) in [6, 6.07) is 14.7. The highest BCUT2D eigenvalue weighted by Gasteiger charge is 2.15. The molecule has 0 aliphatic rings. The molecular formula is C18H23NO. The Morgan fingerprint density at radius 1 is 1.10 bits per heavy atom. The van der Waals surface area contributed by atoms with Crippen LogP contribution in [0.5, 0.6) is 5.75 Å². The summed E-state index contributed by atoms with van der Waals surface area (Å²) in [6.07, 6.45) is 1.91. The van der Waals surface area contributed by atoms with Crippen LogP contribution in [0.1, 0.15) is 34.7 Å². The quantitative estimate of drug-likeness (QED) is 0.892. The first kappa shape index (κ1) is 14.6. The number of rotatable bonds is 5. The Labute approximate surface area is 121 Å². The maximum absolute atomic E-state index is 6.39. The zero-order valence-corrected chi connectivity index (χ0v) is 12.5. The molecule has 0 heterocycles. The van der Waals surface area contributed by atoms with Crippen molar-refractivity contribution in [3.63, 3.8) is 0 Å². The van der Waals surface area contributed by atoms with Gasteiger partial charge in [-0.25, -0.2) is 0 Å². The summed E-state index contributed by atoms with van der Waals surface area (Å²) in [4.78, 5) is 0. The van der Waals surface area contributed by atoms with E-state index in [-0.39, 0.29) is 6.04 Å². The highest BCUT2D eigenvalue weighted by Crippen LogP contribution is 2.31. The van der Waals surface area contributed by atoms with E-state index in [1.54, 1.807) is 7.11 Å². The molecule has 2 aromatic carbocycles. The van der Waals surface area contributed by atoms with Crippen LogP contribution in [0.25, 0.3) is 0 Å². The lowest BCUT2D eigenvalue weighted by molar-refractivity contribution is 0.403. The minimum absolute atomic E-state index is 0.00533. The fourth-order valence-corrected chi connectivity index (χ4v) is 2.70. The Morgan fingerprint density at radius 3 is 2.45 bits per heavy atom. The molecule has 20 heavy (non-hydrogen) atoms. The summed E-state index contributed by atoms with van der Waals surface area (Å²) in [5.74, 6) is 0.906. The monoisotopic (exact) mass is 269 g/mol. The predicted octanol–water partition coefficient (Wildman–Crippen LogP) is 3.94. The molecule has 106 valence electrons. The van der Waals surface area contributed by atoms with Gasteiger partial charge in [0.05, 0.1) is 7.11 Å². The van der Waals surface area contributed by atoms with Crippen LogP contribution in [0.15, 0.2) is 42.5 Å². The molecule has 0 saturated heterocycles. The fraction of sp³-hybridized carbons (Fsp3) is 0.333. The lowest BCUT2D eigenvalue weighted by Gasteiger charge is -2.19. The second kappa shape index (κ2) is 6.58. The Morgan fingerprint density at radius 2 is 1.80 bits per heavy atom. The lowest BCUT2D eigenvalue weighted by Crippen LogP contribution is -2.14. The number of benzene rings is 2.